The van der Waals surface area contributed by atoms with Gasteiger partial charge in [0, 0.05) is 12.8 Å². The van der Waals surface area contributed by atoms with Gasteiger partial charge in [0.05, 0.1) is 11.1 Å². The van der Waals surface area contributed by atoms with Crippen molar-refractivity contribution in [3.63, 3.8) is 0 Å². The molecule has 3 aromatic rings. The molecule has 2 aliphatic rings. The van der Waals surface area contributed by atoms with Gasteiger partial charge in [-0.3, -0.25) is 0 Å². The smallest absolute Gasteiger partial charge is 1.00 e. The average molecular weight is 552 g/mol. The number of hydrogen-bond acceptors (Lipinski definition) is 5. The standard InChI is InChI=1S/C27H27N3O2.2ClH.Fe/c1-26(16-20-10-5-3-6-11-20)18-31-24(29-26)22-14-9-15-23(28-22)25-30-27(2,19-32-25)17-21-12-7-4-8-13-21;;;/h3-15H,16-19H2,1-2H3;2*1H;/q;;;+2/p-2. The SMILES string of the molecule is CC1(Cc2ccccc2)COC(c2cccc(C3=NC(C)(Cc4ccccc4)CO3)n2)=N1.[Cl-].[Cl-].[Fe+2]. The van der Waals surface area contributed by atoms with E-state index >= 15 is 0 Å². The molecule has 5 rings (SSSR count). The number of ether oxygens (including phenoxy) is 2. The van der Waals surface area contributed by atoms with Crippen molar-refractivity contribution in [2.45, 2.75) is 37.8 Å². The van der Waals surface area contributed by atoms with Crippen molar-refractivity contribution in [2.24, 2.45) is 9.98 Å². The van der Waals surface area contributed by atoms with Crippen LogP contribution in [0.3, 0.4) is 0 Å². The third kappa shape index (κ3) is 6.86. The third-order valence-corrected chi connectivity index (χ3v) is 5.83. The molecule has 0 fully saturated rings. The van der Waals surface area contributed by atoms with Gasteiger partial charge in [-0.1, -0.05) is 66.7 Å². The van der Waals surface area contributed by atoms with Crippen LogP contribution in [0.2, 0.25) is 0 Å². The summed E-state index contributed by atoms with van der Waals surface area (Å²) in [6.07, 6.45) is 1.65. The second-order valence-electron chi connectivity index (χ2n) is 9.14. The molecule has 2 atom stereocenters. The molecule has 0 N–H and O–H groups in total. The Labute approximate surface area is 229 Å². The molecule has 2 aliphatic heterocycles. The Morgan fingerprint density at radius 1 is 0.629 bits per heavy atom. The van der Waals surface area contributed by atoms with E-state index in [0.717, 1.165) is 12.8 Å². The van der Waals surface area contributed by atoms with E-state index in [1.807, 2.05) is 30.3 Å². The molecule has 5 nitrogen and oxygen atoms in total. The molecule has 0 aliphatic carbocycles. The average Bonchev–Trinajstić information content (AvgIpc) is 3.38. The predicted octanol–water partition coefficient (Wildman–Crippen LogP) is -1.36. The Hall–Kier alpha value is -2.37. The first-order chi connectivity index (χ1) is 15.5. The van der Waals surface area contributed by atoms with Crippen LogP contribution in [0.15, 0.2) is 88.8 Å². The number of benzene rings is 2. The van der Waals surface area contributed by atoms with Gasteiger partial charge < -0.3 is 34.3 Å². The maximum absolute atomic E-state index is 5.97. The number of halogens is 2. The van der Waals surface area contributed by atoms with Gasteiger partial charge >= 0.3 is 17.1 Å². The molecule has 2 unspecified atom stereocenters. The summed E-state index contributed by atoms with van der Waals surface area (Å²) in [6.45, 7) is 5.32. The van der Waals surface area contributed by atoms with Gasteiger partial charge in [0.1, 0.15) is 24.6 Å². The maximum atomic E-state index is 5.97. The second-order valence-corrected chi connectivity index (χ2v) is 9.14. The number of aliphatic imine (C=N–C) groups is 2. The predicted molar refractivity (Wildman–Crippen MR) is 126 cm³/mol. The van der Waals surface area contributed by atoms with Gasteiger partial charge in [0.15, 0.2) is 0 Å². The van der Waals surface area contributed by atoms with E-state index in [-0.39, 0.29) is 53.0 Å². The summed E-state index contributed by atoms with van der Waals surface area (Å²) in [5.74, 6) is 1.16. The molecule has 0 bridgehead atoms. The minimum Gasteiger partial charge on any atom is -1.00 e. The zero-order valence-corrected chi connectivity index (χ0v) is 22.2. The summed E-state index contributed by atoms with van der Waals surface area (Å²) in [4.78, 5) is 14.5. The van der Waals surface area contributed by atoms with Crippen LogP contribution in [0, 0.1) is 0 Å². The van der Waals surface area contributed by atoms with Crippen LogP contribution in [-0.2, 0) is 39.4 Å². The van der Waals surface area contributed by atoms with Crippen molar-refractivity contribution >= 4 is 11.8 Å². The second kappa shape index (κ2) is 12.0. The van der Waals surface area contributed by atoms with Gasteiger partial charge in [-0.05, 0) is 37.1 Å². The maximum Gasteiger partial charge on any atom is 2.00 e. The molecular weight excluding hydrogens is 525 g/mol. The largest absolute Gasteiger partial charge is 2.00 e. The molecule has 35 heavy (non-hydrogen) atoms. The van der Waals surface area contributed by atoms with Crippen molar-refractivity contribution in [1.82, 2.24) is 4.98 Å². The Balaban J connectivity index is 0.00000144. The van der Waals surface area contributed by atoms with Crippen LogP contribution in [0.1, 0.15) is 36.4 Å². The number of pyridine rings is 1. The van der Waals surface area contributed by atoms with Crippen LogP contribution in [0.25, 0.3) is 0 Å². The molecule has 184 valence electrons. The number of hydrogen-bond donors (Lipinski definition) is 0. The third-order valence-electron chi connectivity index (χ3n) is 5.83. The Kier molecular flexibility index (Phi) is 9.94. The Morgan fingerprint density at radius 3 is 1.43 bits per heavy atom. The molecule has 0 radical (unpaired) electrons. The fraction of sp³-hybridized carbons (Fsp3) is 0.296. The minimum atomic E-state index is -0.302. The van der Waals surface area contributed by atoms with Gasteiger partial charge in [0.25, 0.3) is 0 Å². The van der Waals surface area contributed by atoms with Crippen molar-refractivity contribution in [3.05, 3.63) is 101 Å². The normalized spacial score (nSPS) is 22.3. The van der Waals surface area contributed by atoms with Gasteiger partial charge in [-0.25, -0.2) is 15.0 Å². The molecule has 0 spiro atoms. The molecule has 0 saturated carbocycles. The zero-order chi connectivity index (χ0) is 22.0. The topological polar surface area (TPSA) is 56.1 Å². The summed E-state index contributed by atoms with van der Waals surface area (Å²) < 4.78 is 11.9. The molecule has 8 heteroatoms. The van der Waals surface area contributed by atoms with Crippen LogP contribution in [-0.4, -0.2) is 41.1 Å². The number of nitrogens with zero attached hydrogens (tertiary/aromatic N) is 3. The van der Waals surface area contributed by atoms with Gasteiger partial charge in [-0.15, -0.1) is 0 Å². The van der Waals surface area contributed by atoms with Crippen LogP contribution >= 0.6 is 0 Å². The van der Waals surface area contributed by atoms with Gasteiger partial charge in [-0.2, -0.15) is 0 Å². The van der Waals surface area contributed by atoms with E-state index < -0.39 is 0 Å². The fourth-order valence-corrected chi connectivity index (χ4v) is 4.25. The first-order valence-corrected chi connectivity index (χ1v) is 11.0. The zero-order valence-electron chi connectivity index (χ0n) is 19.6. The molecule has 3 heterocycles. The van der Waals surface area contributed by atoms with Crippen molar-refractivity contribution in [3.8, 4) is 0 Å². The van der Waals surface area contributed by atoms with Crippen molar-refractivity contribution in [2.75, 3.05) is 13.2 Å². The summed E-state index contributed by atoms with van der Waals surface area (Å²) in [6, 6.07) is 26.6. The van der Waals surface area contributed by atoms with Crippen LogP contribution in [0.4, 0.5) is 0 Å². The van der Waals surface area contributed by atoms with Crippen molar-refractivity contribution in [1.29, 1.82) is 0 Å². The van der Waals surface area contributed by atoms with E-state index in [4.69, 9.17) is 24.4 Å². The summed E-state index contributed by atoms with van der Waals surface area (Å²) in [5.41, 5.74) is 3.31. The molecule has 2 aromatic carbocycles. The Bertz CT molecular complexity index is 1090. The fourth-order valence-electron chi connectivity index (χ4n) is 4.25. The van der Waals surface area contributed by atoms with E-state index in [1.165, 1.54) is 11.1 Å². The number of aromatic nitrogens is 1. The first kappa shape index (κ1) is 28.9. The summed E-state index contributed by atoms with van der Waals surface area (Å²) in [5, 5.41) is 0. The van der Waals surface area contributed by atoms with E-state index in [1.54, 1.807) is 0 Å². The molecule has 0 saturated heterocycles. The Morgan fingerprint density at radius 2 is 1.03 bits per heavy atom. The van der Waals surface area contributed by atoms with Crippen LogP contribution < -0.4 is 24.8 Å². The quantitative estimate of drug-likeness (QED) is 0.356. The molecular formula is C27H27Cl2FeN3O2. The van der Waals surface area contributed by atoms with E-state index in [9.17, 15) is 0 Å². The molecule has 1 aromatic heterocycles. The summed E-state index contributed by atoms with van der Waals surface area (Å²) >= 11 is 0. The first-order valence-electron chi connectivity index (χ1n) is 11.0. The minimum absolute atomic E-state index is 0. The molecule has 0 amide bonds. The summed E-state index contributed by atoms with van der Waals surface area (Å²) in [7, 11) is 0. The van der Waals surface area contributed by atoms with E-state index in [2.05, 4.69) is 62.4 Å². The monoisotopic (exact) mass is 551 g/mol. The van der Waals surface area contributed by atoms with Crippen LogP contribution in [0.5, 0.6) is 0 Å². The van der Waals surface area contributed by atoms with Crippen molar-refractivity contribution < 1.29 is 51.4 Å². The van der Waals surface area contributed by atoms with E-state index in [0.29, 0.717) is 36.4 Å². The number of rotatable bonds is 6. The van der Waals surface area contributed by atoms with Gasteiger partial charge in [0.2, 0.25) is 11.8 Å².